The van der Waals surface area contributed by atoms with Gasteiger partial charge in [0.15, 0.2) is 6.10 Å². The van der Waals surface area contributed by atoms with Crippen molar-refractivity contribution in [2.24, 2.45) is 0 Å². The molecule has 0 bridgehead atoms. The Morgan fingerprint density at radius 1 is 1.20 bits per heavy atom. The summed E-state index contributed by atoms with van der Waals surface area (Å²) in [6.07, 6.45) is -0.951. The number of ether oxygens (including phenoxy) is 1. The normalized spacial score (nSPS) is 14.0. The molecule has 25 heavy (non-hydrogen) atoms. The summed E-state index contributed by atoms with van der Waals surface area (Å²) in [4.78, 5) is 36.7. The van der Waals surface area contributed by atoms with Gasteiger partial charge in [-0.1, -0.05) is 18.2 Å². The highest BCUT2D eigenvalue weighted by Crippen LogP contribution is 2.32. The number of amides is 2. The standard InChI is InChI=1S/C18H16N2O4S/c1-11(17(22)19-13-5-3-2-4-6-13)24-18(23)12-7-8-15-14(9-12)20-16(21)10-25-15/h2-9,11H,10H2,1H3,(H,19,22)(H,20,21)/t11-/m1/s1. The van der Waals surface area contributed by atoms with Crippen molar-refractivity contribution in [3.05, 3.63) is 54.1 Å². The van der Waals surface area contributed by atoms with Gasteiger partial charge in [0, 0.05) is 10.6 Å². The fourth-order valence-corrected chi connectivity index (χ4v) is 3.05. The quantitative estimate of drug-likeness (QED) is 0.823. The molecule has 128 valence electrons. The molecule has 0 fully saturated rings. The van der Waals surface area contributed by atoms with Gasteiger partial charge < -0.3 is 15.4 Å². The number of hydrogen-bond acceptors (Lipinski definition) is 5. The lowest BCUT2D eigenvalue weighted by Gasteiger charge is -2.17. The van der Waals surface area contributed by atoms with Gasteiger partial charge in [0.2, 0.25) is 5.91 Å². The number of esters is 1. The maximum absolute atomic E-state index is 12.3. The van der Waals surface area contributed by atoms with Crippen molar-refractivity contribution in [1.82, 2.24) is 0 Å². The van der Waals surface area contributed by atoms with Crippen LogP contribution in [0.4, 0.5) is 11.4 Å². The first-order valence-electron chi connectivity index (χ1n) is 7.66. The van der Waals surface area contributed by atoms with Gasteiger partial charge in [-0.15, -0.1) is 11.8 Å². The number of nitrogens with one attached hydrogen (secondary N) is 2. The van der Waals surface area contributed by atoms with Crippen molar-refractivity contribution in [2.75, 3.05) is 16.4 Å². The molecule has 0 radical (unpaired) electrons. The summed E-state index contributed by atoms with van der Waals surface area (Å²) < 4.78 is 5.22. The van der Waals surface area contributed by atoms with Crippen molar-refractivity contribution >= 4 is 40.9 Å². The van der Waals surface area contributed by atoms with Gasteiger partial charge in [-0.05, 0) is 37.3 Å². The second kappa shape index (κ2) is 7.40. The predicted octanol–water partition coefficient (Wildman–Crippen LogP) is 2.91. The fraction of sp³-hybridized carbons (Fsp3) is 0.167. The number of benzene rings is 2. The lowest BCUT2D eigenvalue weighted by molar-refractivity contribution is -0.123. The maximum atomic E-state index is 12.3. The van der Waals surface area contributed by atoms with Crippen LogP contribution in [0.3, 0.4) is 0 Å². The minimum Gasteiger partial charge on any atom is -0.449 e. The van der Waals surface area contributed by atoms with Gasteiger partial charge >= 0.3 is 5.97 Å². The molecule has 0 aliphatic carbocycles. The summed E-state index contributed by atoms with van der Waals surface area (Å²) in [6.45, 7) is 1.51. The summed E-state index contributed by atoms with van der Waals surface area (Å²) in [6, 6.07) is 13.9. The fourth-order valence-electron chi connectivity index (χ4n) is 2.26. The van der Waals surface area contributed by atoms with E-state index in [9.17, 15) is 14.4 Å². The van der Waals surface area contributed by atoms with Gasteiger partial charge in [0.25, 0.3) is 5.91 Å². The molecule has 1 heterocycles. The maximum Gasteiger partial charge on any atom is 0.338 e. The average molecular weight is 356 g/mol. The molecular weight excluding hydrogens is 340 g/mol. The Balaban J connectivity index is 1.64. The lowest BCUT2D eigenvalue weighted by atomic mass is 10.2. The molecule has 0 spiro atoms. The highest BCUT2D eigenvalue weighted by Gasteiger charge is 2.21. The van der Waals surface area contributed by atoms with Crippen LogP contribution in [0.1, 0.15) is 17.3 Å². The van der Waals surface area contributed by atoms with Gasteiger partial charge in [0.05, 0.1) is 17.0 Å². The van der Waals surface area contributed by atoms with Crippen LogP contribution in [0, 0.1) is 0 Å². The van der Waals surface area contributed by atoms with E-state index in [2.05, 4.69) is 10.6 Å². The number of rotatable bonds is 4. The van der Waals surface area contributed by atoms with Gasteiger partial charge in [0.1, 0.15) is 0 Å². The van der Waals surface area contributed by atoms with Gasteiger partial charge in [-0.3, -0.25) is 9.59 Å². The summed E-state index contributed by atoms with van der Waals surface area (Å²) in [5.74, 6) is -0.795. The molecule has 2 aromatic rings. The molecule has 1 atom stereocenters. The molecule has 1 aliphatic rings. The van der Waals surface area contributed by atoms with Crippen molar-refractivity contribution < 1.29 is 19.1 Å². The topological polar surface area (TPSA) is 84.5 Å². The molecule has 3 rings (SSSR count). The molecule has 0 saturated heterocycles. The Labute approximate surface area is 148 Å². The van der Waals surface area contributed by atoms with Crippen LogP contribution in [0.5, 0.6) is 0 Å². The van der Waals surface area contributed by atoms with Crippen LogP contribution in [0.15, 0.2) is 53.4 Å². The van der Waals surface area contributed by atoms with E-state index in [-0.39, 0.29) is 11.5 Å². The highest BCUT2D eigenvalue weighted by molar-refractivity contribution is 8.00. The third-order valence-corrected chi connectivity index (χ3v) is 4.62. The summed E-state index contributed by atoms with van der Waals surface area (Å²) in [7, 11) is 0. The Morgan fingerprint density at radius 2 is 1.96 bits per heavy atom. The zero-order chi connectivity index (χ0) is 17.8. The first-order chi connectivity index (χ1) is 12.0. The Kier molecular flexibility index (Phi) is 5.04. The first kappa shape index (κ1) is 17.0. The van der Waals surface area contributed by atoms with E-state index in [1.807, 2.05) is 6.07 Å². The van der Waals surface area contributed by atoms with Crippen molar-refractivity contribution in [3.63, 3.8) is 0 Å². The number of carbonyl (C=O) groups excluding carboxylic acids is 3. The second-order valence-corrected chi connectivity index (χ2v) is 6.47. The van der Waals surface area contributed by atoms with E-state index in [1.54, 1.807) is 42.5 Å². The van der Waals surface area contributed by atoms with Crippen molar-refractivity contribution in [1.29, 1.82) is 0 Å². The summed E-state index contributed by atoms with van der Waals surface area (Å²) in [5.41, 5.74) is 1.49. The average Bonchev–Trinajstić information content (AvgIpc) is 2.61. The van der Waals surface area contributed by atoms with Crippen LogP contribution >= 0.6 is 11.8 Å². The molecule has 0 saturated carbocycles. The Bertz CT molecular complexity index is 823. The number of anilines is 2. The molecule has 1 aliphatic heterocycles. The zero-order valence-electron chi connectivity index (χ0n) is 13.4. The minimum atomic E-state index is -0.951. The number of thioether (sulfide) groups is 1. The van der Waals surface area contributed by atoms with E-state index >= 15 is 0 Å². The number of para-hydroxylation sites is 1. The number of fused-ring (bicyclic) bond motifs is 1. The molecule has 0 unspecified atom stereocenters. The highest BCUT2D eigenvalue weighted by atomic mass is 32.2. The predicted molar refractivity (Wildman–Crippen MR) is 95.7 cm³/mol. The van der Waals surface area contributed by atoms with Gasteiger partial charge in [-0.2, -0.15) is 0 Å². The van der Waals surface area contributed by atoms with Gasteiger partial charge in [-0.25, -0.2) is 4.79 Å². The second-order valence-electron chi connectivity index (χ2n) is 5.45. The smallest absolute Gasteiger partial charge is 0.338 e. The number of hydrogen-bond donors (Lipinski definition) is 2. The van der Waals surface area contributed by atoms with Crippen LogP contribution in [-0.4, -0.2) is 29.6 Å². The van der Waals surface area contributed by atoms with Crippen LogP contribution in [0.25, 0.3) is 0 Å². The Morgan fingerprint density at radius 3 is 2.72 bits per heavy atom. The molecule has 2 amide bonds. The van der Waals surface area contributed by atoms with Crippen molar-refractivity contribution in [3.8, 4) is 0 Å². The number of carbonyl (C=O) groups is 3. The van der Waals surface area contributed by atoms with Crippen molar-refractivity contribution in [2.45, 2.75) is 17.9 Å². The van der Waals surface area contributed by atoms with E-state index in [0.717, 1.165) is 4.90 Å². The first-order valence-corrected chi connectivity index (χ1v) is 8.65. The third-order valence-electron chi connectivity index (χ3n) is 3.54. The van der Waals surface area contributed by atoms with E-state index < -0.39 is 18.0 Å². The molecular formula is C18H16N2O4S. The lowest BCUT2D eigenvalue weighted by Crippen LogP contribution is -2.30. The van der Waals surface area contributed by atoms with Crippen LogP contribution < -0.4 is 10.6 Å². The molecule has 2 aromatic carbocycles. The third kappa shape index (κ3) is 4.19. The zero-order valence-corrected chi connectivity index (χ0v) is 14.3. The summed E-state index contributed by atoms with van der Waals surface area (Å²) >= 11 is 1.41. The monoisotopic (exact) mass is 356 g/mol. The van der Waals surface area contributed by atoms with E-state index in [0.29, 0.717) is 17.1 Å². The van der Waals surface area contributed by atoms with Crippen LogP contribution in [0.2, 0.25) is 0 Å². The molecule has 2 N–H and O–H groups in total. The molecule has 0 aromatic heterocycles. The molecule has 7 heteroatoms. The molecule has 6 nitrogen and oxygen atoms in total. The van der Waals surface area contributed by atoms with E-state index in [4.69, 9.17) is 4.74 Å². The minimum absolute atomic E-state index is 0.112. The van der Waals surface area contributed by atoms with Crippen LogP contribution in [-0.2, 0) is 14.3 Å². The SMILES string of the molecule is C[C@@H](OC(=O)c1ccc2c(c1)NC(=O)CS2)C(=O)Nc1ccccc1. The largest absolute Gasteiger partial charge is 0.449 e. The Hall–Kier alpha value is -2.80. The van der Waals surface area contributed by atoms with E-state index in [1.165, 1.54) is 18.7 Å². The summed E-state index contributed by atoms with van der Waals surface area (Å²) in [5, 5.41) is 5.39.